The molecule has 0 saturated carbocycles. The second-order valence-electron chi connectivity index (χ2n) is 4.86. The Labute approximate surface area is 131 Å². The van der Waals surface area contributed by atoms with Crippen molar-refractivity contribution in [1.82, 2.24) is 0 Å². The van der Waals surface area contributed by atoms with E-state index in [1.165, 1.54) is 0 Å². The van der Waals surface area contributed by atoms with Gasteiger partial charge in [0.1, 0.15) is 0 Å². The Hall–Kier alpha value is -0.550. The van der Waals surface area contributed by atoms with E-state index in [-0.39, 0.29) is 18.6 Å². The van der Waals surface area contributed by atoms with Gasteiger partial charge in [-0.3, -0.25) is 8.92 Å². The van der Waals surface area contributed by atoms with Crippen LogP contribution in [0.2, 0.25) is 0 Å². The van der Waals surface area contributed by atoms with Gasteiger partial charge < -0.3 is 0 Å². The van der Waals surface area contributed by atoms with Crippen LogP contribution in [0.1, 0.15) is 44.9 Å². The minimum atomic E-state index is -4.83. The van der Waals surface area contributed by atoms with Crippen LogP contribution in [0.25, 0.3) is 0 Å². The summed E-state index contributed by atoms with van der Waals surface area (Å²) < 4.78 is 101. The van der Waals surface area contributed by atoms with E-state index in [0.717, 1.165) is 0 Å². The molecule has 0 aromatic rings. The summed E-state index contributed by atoms with van der Waals surface area (Å²) in [5.41, 5.74) is 0. The molecule has 0 fully saturated rings. The van der Waals surface area contributed by atoms with E-state index >= 15 is 0 Å². The standard InChI is InChI=1S/C12H20F6O4S/c13-11(14,15)7-5-3-1-2-4-6-10-23(19,20)22-9-8-21-12(16,17)18/h1-10H2. The Kier molecular flexibility index (Phi) is 10.1. The van der Waals surface area contributed by atoms with Crippen LogP contribution in [0.4, 0.5) is 26.3 Å². The number of halogens is 6. The minimum absolute atomic E-state index is 0.0457. The lowest BCUT2D eigenvalue weighted by molar-refractivity contribution is -0.325. The van der Waals surface area contributed by atoms with E-state index < -0.39 is 42.3 Å². The van der Waals surface area contributed by atoms with E-state index in [2.05, 4.69) is 8.92 Å². The third kappa shape index (κ3) is 17.6. The topological polar surface area (TPSA) is 52.6 Å². The molecule has 0 rings (SSSR count). The Morgan fingerprint density at radius 1 is 0.739 bits per heavy atom. The first-order valence-corrected chi connectivity index (χ1v) is 8.63. The lowest BCUT2D eigenvalue weighted by Gasteiger charge is -2.08. The van der Waals surface area contributed by atoms with E-state index in [1.54, 1.807) is 0 Å². The first kappa shape index (κ1) is 22.4. The molecule has 0 amide bonds. The zero-order chi connectivity index (χ0) is 18.0. The summed E-state index contributed by atoms with van der Waals surface area (Å²) in [6.07, 6.45) is -7.46. The number of hydrogen-bond donors (Lipinski definition) is 0. The van der Waals surface area contributed by atoms with Gasteiger partial charge in [0.2, 0.25) is 0 Å². The fourth-order valence-corrected chi connectivity index (χ4v) is 2.69. The molecule has 23 heavy (non-hydrogen) atoms. The Morgan fingerprint density at radius 2 is 1.26 bits per heavy atom. The van der Waals surface area contributed by atoms with Crippen molar-refractivity contribution in [1.29, 1.82) is 0 Å². The molecule has 11 heteroatoms. The normalized spacial score (nSPS) is 13.5. The van der Waals surface area contributed by atoms with Gasteiger partial charge in [0.15, 0.2) is 0 Å². The summed E-state index contributed by atoms with van der Waals surface area (Å²) in [7, 11) is -3.91. The van der Waals surface area contributed by atoms with Crippen molar-refractivity contribution in [2.24, 2.45) is 0 Å². The molecule has 0 unspecified atom stereocenters. The quantitative estimate of drug-likeness (QED) is 0.292. The van der Waals surface area contributed by atoms with Crippen molar-refractivity contribution < 1.29 is 43.7 Å². The van der Waals surface area contributed by atoms with Crippen LogP contribution >= 0.6 is 0 Å². The van der Waals surface area contributed by atoms with Crippen molar-refractivity contribution in [2.75, 3.05) is 19.0 Å². The van der Waals surface area contributed by atoms with Gasteiger partial charge in [0.05, 0.1) is 19.0 Å². The van der Waals surface area contributed by atoms with Crippen molar-refractivity contribution in [3.8, 4) is 0 Å². The van der Waals surface area contributed by atoms with Crippen molar-refractivity contribution in [2.45, 2.75) is 57.5 Å². The maximum atomic E-state index is 11.9. The van der Waals surface area contributed by atoms with Crippen LogP contribution in [-0.4, -0.2) is 39.9 Å². The summed E-state index contributed by atoms with van der Waals surface area (Å²) in [5, 5.41) is 0. The van der Waals surface area contributed by atoms with Gasteiger partial charge in [0, 0.05) is 6.42 Å². The summed E-state index contributed by atoms with van der Waals surface area (Å²) >= 11 is 0. The predicted octanol–water partition coefficient (Wildman–Crippen LogP) is 4.16. The Balaban J connectivity index is 3.56. The summed E-state index contributed by atoms with van der Waals surface area (Å²) in [5.74, 6) is -0.346. The number of unbranched alkanes of at least 4 members (excludes halogenated alkanes) is 5. The van der Waals surface area contributed by atoms with Crippen molar-refractivity contribution in [3.63, 3.8) is 0 Å². The molecule has 0 radical (unpaired) electrons. The first-order valence-electron chi connectivity index (χ1n) is 7.06. The van der Waals surface area contributed by atoms with Crippen LogP contribution in [0.5, 0.6) is 0 Å². The summed E-state index contributed by atoms with van der Waals surface area (Å²) in [4.78, 5) is 0. The highest BCUT2D eigenvalue weighted by Gasteiger charge is 2.29. The van der Waals surface area contributed by atoms with Gasteiger partial charge in [-0.25, -0.2) is 0 Å². The van der Waals surface area contributed by atoms with Crippen LogP contribution in [-0.2, 0) is 19.0 Å². The molecule has 0 aliphatic rings. The van der Waals surface area contributed by atoms with Gasteiger partial charge in [-0.2, -0.15) is 21.6 Å². The molecule has 140 valence electrons. The van der Waals surface area contributed by atoms with Crippen LogP contribution in [0, 0.1) is 0 Å². The van der Waals surface area contributed by atoms with E-state index in [1.807, 2.05) is 0 Å². The monoisotopic (exact) mass is 374 g/mol. The van der Waals surface area contributed by atoms with Crippen LogP contribution < -0.4 is 0 Å². The average Bonchev–Trinajstić information content (AvgIpc) is 2.35. The molecule has 0 atom stereocenters. The molecule has 0 aromatic carbocycles. The smallest absolute Gasteiger partial charge is 0.289 e. The molecule has 0 aliphatic carbocycles. The Morgan fingerprint density at radius 3 is 1.78 bits per heavy atom. The highest BCUT2D eigenvalue weighted by atomic mass is 32.2. The largest absolute Gasteiger partial charge is 0.522 e. The molecule has 4 nitrogen and oxygen atoms in total. The van der Waals surface area contributed by atoms with E-state index in [0.29, 0.717) is 25.7 Å². The van der Waals surface area contributed by atoms with Crippen LogP contribution in [0.3, 0.4) is 0 Å². The Bertz CT molecular complexity index is 405. The molecule has 0 spiro atoms. The van der Waals surface area contributed by atoms with Gasteiger partial charge in [-0.15, -0.1) is 13.2 Å². The number of ether oxygens (including phenoxy) is 1. The lowest BCUT2D eigenvalue weighted by Crippen LogP contribution is -2.20. The number of rotatable bonds is 12. The van der Waals surface area contributed by atoms with Gasteiger partial charge in [0.25, 0.3) is 10.1 Å². The highest BCUT2D eigenvalue weighted by Crippen LogP contribution is 2.23. The lowest BCUT2D eigenvalue weighted by atomic mass is 10.1. The zero-order valence-corrected chi connectivity index (χ0v) is 13.2. The predicted molar refractivity (Wildman–Crippen MR) is 70.1 cm³/mol. The third-order valence-corrected chi connectivity index (χ3v) is 4.03. The molecular weight excluding hydrogens is 354 g/mol. The van der Waals surface area contributed by atoms with Crippen molar-refractivity contribution >= 4 is 10.1 Å². The summed E-state index contributed by atoms with van der Waals surface area (Å²) in [6.45, 7) is -1.64. The second-order valence-corrected chi connectivity index (χ2v) is 6.62. The molecule has 0 N–H and O–H groups in total. The average molecular weight is 374 g/mol. The molecule has 0 aromatic heterocycles. The fourth-order valence-electron chi connectivity index (χ4n) is 1.69. The highest BCUT2D eigenvalue weighted by molar-refractivity contribution is 7.86. The first-order chi connectivity index (χ1) is 10.4. The van der Waals surface area contributed by atoms with Crippen LogP contribution in [0.15, 0.2) is 0 Å². The third-order valence-electron chi connectivity index (χ3n) is 2.72. The fraction of sp³-hybridized carbons (Fsp3) is 1.00. The van der Waals surface area contributed by atoms with Gasteiger partial charge in [-0.1, -0.05) is 25.7 Å². The second kappa shape index (κ2) is 10.3. The maximum Gasteiger partial charge on any atom is 0.522 e. The van der Waals surface area contributed by atoms with E-state index in [9.17, 15) is 34.8 Å². The van der Waals surface area contributed by atoms with Gasteiger partial charge >= 0.3 is 12.5 Å². The maximum absolute atomic E-state index is 11.9. The molecular formula is C12H20F6O4S. The van der Waals surface area contributed by atoms with Crippen molar-refractivity contribution in [3.05, 3.63) is 0 Å². The minimum Gasteiger partial charge on any atom is -0.289 e. The zero-order valence-electron chi connectivity index (χ0n) is 12.4. The van der Waals surface area contributed by atoms with Gasteiger partial charge in [-0.05, 0) is 12.8 Å². The number of alkyl halides is 6. The SMILES string of the molecule is O=S(=O)(CCCCCCCCC(F)(F)F)OCCOC(F)(F)F. The molecule has 0 saturated heterocycles. The summed E-state index contributed by atoms with van der Waals surface area (Å²) in [6, 6.07) is 0. The molecule has 0 aliphatic heterocycles. The molecule has 0 bridgehead atoms. The van der Waals surface area contributed by atoms with E-state index in [4.69, 9.17) is 0 Å². The number of hydrogen-bond acceptors (Lipinski definition) is 4. The molecule has 0 heterocycles.